The first-order chi connectivity index (χ1) is 5.52. The normalized spacial score (nSPS) is 13.0. The first-order valence-electron chi connectivity index (χ1n) is 3.46. The van der Waals surface area contributed by atoms with E-state index in [1.807, 2.05) is 13.0 Å². The molecule has 0 spiro atoms. The van der Waals surface area contributed by atoms with Crippen LogP contribution in [-0.4, -0.2) is 5.11 Å². The standard InChI is InChI=1S/C8H9Br2NO/c1-4(11)6-2-5(9)3-7(10)8(6)12/h2-4,12H,11H2,1H3. The lowest BCUT2D eigenvalue weighted by atomic mass is 10.1. The lowest BCUT2D eigenvalue weighted by Crippen LogP contribution is -2.05. The first kappa shape index (κ1) is 10.0. The van der Waals surface area contributed by atoms with Gasteiger partial charge in [-0.2, -0.15) is 0 Å². The molecule has 0 amide bonds. The molecule has 2 nitrogen and oxygen atoms in total. The van der Waals surface area contributed by atoms with Crippen LogP contribution in [0, 0.1) is 0 Å². The minimum atomic E-state index is -0.168. The van der Waals surface area contributed by atoms with Crippen LogP contribution in [-0.2, 0) is 0 Å². The van der Waals surface area contributed by atoms with Gasteiger partial charge in [0.1, 0.15) is 5.75 Å². The fourth-order valence-electron chi connectivity index (χ4n) is 0.933. The largest absolute Gasteiger partial charge is 0.506 e. The second-order valence-electron chi connectivity index (χ2n) is 2.61. The van der Waals surface area contributed by atoms with Crippen LogP contribution in [0.25, 0.3) is 0 Å². The lowest BCUT2D eigenvalue weighted by molar-refractivity contribution is 0.460. The molecule has 0 aliphatic rings. The van der Waals surface area contributed by atoms with E-state index in [2.05, 4.69) is 31.9 Å². The fraction of sp³-hybridized carbons (Fsp3) is 0.250. The van der Waals surface area contributed by atoms with Crippen LogP contribution in [0.2, 0.25) is 0 Å². The molecular weight excluding hydrogens is 286 g/mol. The summed E-state index contributed by atoms with van der Waals surface area (Å²) in [5, 5.41) is 9.54. The molecule has 12 heavy (non-hydrogen) atoms. The zero-order chi connectivity index (χ0) is 9.30. The maximum atomic E-state index is 9.54. The highest BCUT2D eigenvalue weighted by Gasteiger charge is 2.10. The molecule has 66 valence electrons. The van der Waals surface area contributed by atoms with E-state index in [1.54, 1.807) is 6.07 Å². The highest BCUT2D eigenvalue weighted by atomic mass is 79.9. The van der Waals surface area contributed by atoms with Crippen molar-refractivity contribution in [3.63, 3.8) is 0 Å². The van der Waals surface area contributed by atoms with Crippen molar-refractivity contribution in [3.05, 3.63) is 26.6 Å². The molecule has 0 aliphatic carbocycles. The molecule has 0 aliphatic heterocycles. The molecule has 0 fully saturated rings. The van der Waals surface area contributed by atoms with Crippen molar-refractivity contribution in [3.8, 4) is 5.75 Å². The van der Waals surface area contributed by atoms with E-state index in [0.29, 0.717) is 4.47 Å². The minimum Gasteiger partial charge on any atom is -0.506 e. The molecule has 1 atom stereocenters. The molecule has 0 saturated carbocycles. The summed E-state index contributed by atoms with van der Waals surface area (Å²) in [6.45, 7) is 1.83. The van der Waals surface area contributed by atoms with Gasteiger partial charge in [0.2, 0.25) is 0 Å². The van der Waals surface area contributed by atoms with Gasteiger partial charge in [-0.1, -0.05) is 15.9 Å². The molecule has 4 heteroatoms. The van der Waals surface area contributed by atoms with E-state index < -0.39 is 0 Å². The van der Waals surface area contributed by atoms with Gasteiger partial charge in [0, 0.05) is 16.1 Å². The van der Waals surface area contributed by atoms with Crippen LogP contribution in [0.4, 0.5) is 0 Å². The van der Waals surface area contributed by atoms with Gasteiger partial charge in [-0.15, -0.1) is 0 Å². The topological polar surface area (TPSA) is 46.2 Å². The highest BCUT2D eigenvalue weighted by Crippen LogP contribution is 2.34. The van der Waals surface area contributed by atoms with E-state index in [0.717, 1.165) is 10.0 Å². The molecule has 0 bridgehead atoms. The van der Waals surface area contributed by atoms with Gasteiger partial charge >= 0.3 is 0 Å². The molecule has 1 aromatic rings. The van der Waals surface area contributed by atoms with Crippen LogP contribution >= 0.6 is 31.9 Å². The summed E-state index contributed by atoms with van der Waals surface area (Å²) < 4.78 is 1.56. The number of nitrogens with two attached hydrogens (primary N) is 1. The number of rotatable bonds is 1. The molecule has 0 radical (unpaired) electrons. The average Bonchev–Trinajstić information content (AvgIpc) is 1.96. The molecular formula is C8H9Br2NO. The smallest absolute Gasteiger partial charge is 0.134 e. The van der Waals surface area contributed by atoms with E-state index in [-0.39, 0.29) is 11.8 Å². The number of aromatic hydroxyl groups is 1. The van der Waals surface area contributed by atoms with Gasteiger partial charge in [-0.3, -0.25) is 0 Å². The molecule has 1 aromatic carbocycles. The van der Waals surface area contributed by atoms with Gasteiger partial charge in [0.05, 0.1) is 4.47 Å². The fourth-order valence-corrected chi connectivity index (χ4v) is 2.19. The van der Waals surface area contributed by atoms with Crippen LogP contribution in [0.15, 0.2) is 21.1 Å². The van der Waals surface area contributed by atoms with Crippen molar-refractivity contribution in [1.82, 2.24) is 0 Å². The summed E-state index contributed by atoms with van der Waals surface area (Å²) >= 11 is 6.55. The second kappa shape index (κ2) is 3.77. The Labute approximate surface area is 88.0 Å². The third kappa shape index (κ3) is 2.00. The molecule has 3 N–H and O–H groups in total. The van der Waals surface area contributed by atoms with Crippen molar-refractivity contribution in [2.45, 2.75) is 13.0 Å². The SMILES string of the molecule is CC(N)c1cc(Br)cc(Br)c1O. The van der Waals surface area contributed by atoms with Crippen LogP contribution < -0.4 is 5.73 Å². The monoisotopic (exact) mass is 293 g/mol. The van der Waals surface area contributed by atoms with Crippen LogP contribution in [0.3, 0.4) is 0 Å². The summed E-state index contributed by atoms with van der Waals surface area (Å²) in [6.07, 6.45) is 0. The van der Waals surface area contributed by atoms with Crippen molar-refractivity contribution in [1.29, 1.82) is 0 Å². The van der Waals surface area contributed by atoms with Crippen molar-refractivity contribution < 1.29 is 5.11 Å². The summed E-state index contributed by atoms with van der Waals surface area (Å²) in [5.74, 6) is 0.216. The number of benzene rings is 1. The zero-order valence-corrected chi connectivity index (χ0v) is 9.68. The number of phenolic OH excluding ortho intramolecular Hbond substituents is 1. The summed E-state index contributed by atoms with van der Waals surface area (Å²) in [4.78, 5) is 0. The predicted octanol–water partition coefficient (Wildman–Crippen LogP) is 2.94. The molecule has 0 aromatic heterocycles. The van der Waals surface area contributed by atoms with E-state index in [9.17, 15) is 5.11 Å². The second-order valence-corrected chi connectivity index (χ2v) is 4.38. The Hall–Kier alpha value is -0.0600. The van der Waals surface area contributed by atoms with Gasteiger partial charge in [-0.25, -0.2) is 0 Å². The first-order valence-corrected chi connectivity index (χ1v) is 5.04. The summed E-state index contributed by atoms with van der Waals surface area (Å²) in [5.41, 5.74) is 6.38. The number of phenols is 1. The van der Waals surface area contributed by atoms with Gasteiger partial charge in [-0.05, 0) is 35.0 Å². The van der Waals surface area contributed by atoms with Gasteiger partial charge in [0.25, 0.3) is 0 Å². The Morgan fingerprint density at radius 1 is 1.42 bits per heavy atom. The summed E-state index contributed by atoms with van der Waals surface area (Å²) in [7, 11) is 0. The highest BCUT2D eigenvalue weighted by molar-refractivity contribution is 9.11. The maximum absolute atomic E-state index is 9.54. The number of hydrogen-bond donors (Lipinski definition) is 2. The Morgan fingerprint density at radius 2 is 2.00 bits per heavy atom. The number of halogens is 2. The Kier molecular flexibility index (Phi) is 3.15. The molecule has 0 saturated heterocycles. The Balaban J connectivity index is 3.28. The van der Waals surface area contributed by atoms with E-state index >= 15 is 0 Å². The van der Waals surface area contributed by atoms with Gasteiger partial charge in [0.15, 0.2) is 0 Å². The third-order valence-electron chi connectivity index (χ3n) is 1.55. The predicted molar refractivity (Wildman–Crippen MR) is 56.1 cm³/mol. The Bertz CT molecular complexity index is 299. The maximum Gasteiger partial charge on any atom is 0.134 e. The van der Waals surface area contributed by atoms with E-state index in [4.69, 9.17) is 5.73 Å². The average molecular weight is 295 g/mol. The van der Waals surface area contributed by atoms with Crippen LogP contribution in [0.5, 0.6) is 5.75 Å². The van der Waals surface area contributed by atoms with Gasteiger partial charge < -0.3 is 10.8 Å². The van der Waals surface area contributed by atoms with Crippen molar-refractivity contribution in [2.24, 2.45) is 5.73 Å². The van der Waals surface area contributed by atoms with Crippen LogP contribution in [0.1, 0.15) is 18.5 Å². The zero-order valence-electron chi connectivity index (χ0n) is 6.51. The lowest BCUT2D eigenvalue weighted by Gasteiger charge is -2.10. The number of hydrogen-bond acceptors (Lipinski definition) is 2. The quantitative estimate of drug-likeness (QED) is 0.836. The minimum absolute atomic E-state index is 0.168. The van der Waals surface area contributed by atoms with Crippen molar-refractivity contribution >= 4 is 31.9 Å². The molecule has 0 heterocycles. The van der Waals surface area contributed by atoms with E-state index in [1.165, 1.54) is 0 Å². The third-order valence-corrected chi connectivity index (χ3v) is 2.61. The van der Waals surface area contributed by atoms with Crippen molar-refractivity contribution in [2.75, 3.05) is 0 Å². The Morgan fingerprint density at radius 3 is 2.50 bits per heavy atom. The summed E-state index contributed by atoms with van der Waals surface area (Å²) in [6, 6.07) is 3.42. The molecule has 1 rings (SSSR count). The molecule has 1 unspecified atom stereocenters.